The van der Waals surface area contributed by atoms with Crippen molar-refractivity contribution in [3.63, 3.8) is 0 Å². The van der Waals surface area contributed by atoms with E-state index in [1.54, 1.807) is 24.3 Å². The maximum atomic E-state index is 13.7. The van der Waals surface area contributed by atoms with Crippen molar-refractivity contribution in [3.8, 4) is 5.75 Å². The van der Waals surface area contributed by atoms with Crippen LogP contribution in [0.1, 0.15) is 18.1 Å². The molecule has 1 atom stereocenters. The van der Waals surface area contributed by atoms with E-state index >= 15 is 0 Å². The highest BCUT2D eigenvalue weighted by atomic mass is 35.5. The number of hydrogen-bond donors (Lipinski definition) is 1. The summed E-state index contributed by atoms with van der Waals surface area (Å²) in [6.07, 6.45) is -1.17. The zero-order valence-corrected chi connectivity index (χ0v) is 15.4. The van der Waals surface area contributed by atoms with Crippen molar-refractivity contribution in [1.82, 2.24) is 0 Å². The molecular formula is C19H19ClFNO4. The van der Waals surface area contributed by atoms with Gasteiger partial charge in [-0.05, 0) is 49.2 Å². The molecule has 1 amide bonds. The third-order valence-electron chi connectivity index (χ3n) is 3.70. The predicted octanol–water partition coefficient (Wildman–Crippen LogP) is 3.91. The van der Waals surface area contributed by atoms with Gasteiger partial charge in [0.1, 0.15) is 0 Å². The number of halogens is 2. The van der Waals surface area contributed by atoms with Crippen molar-refractivity contribution in [2.75, 3.05) is 12.4 Å². The van der Waals surface area contributed by atoms with Crippen LogP contribution in [0.25, 0.3) is 0 Å². The minimum atomic E-state index is -1.01. The van der Waals surface area contributed by atoms with E-state index in [2.05, 4.69) is 5.32 Å². The summed E-state index contributed by atoms with van der Waals surface area (Å²) in [6, 6.07) is 9.28. The van der Waals surface area contributed by atoms with E-state index < -0.39 is 23.8 Å². The fraction of sp³-hybridized carbons (Fsp3) is 0.263. The molecule has 2 aromatic rings. The van der Waals surface area contributed by atoms with E-state index in [9.17, 15) is 14.0 Å². The molecule has 0 saturated carbocycles. The Labute approximate surface area is 156 Å². The molecule has 0 aliphatic rings. The van der Waals surface area contributed by atoms with Gasteiger partial charge in [-0.3, -0.25) is 9.59 Å². The molecule has 0 saturated heterocycles. The lowest BCUT2D eigenvalue weighted by molar-refractivity contribution is -0.152. The molecule has 2 aromatic carbocycles. The second-order valence-electron chi connectivity index (χ2n) is 5.73. The minimum absolute atomic E-state index is 0.0896. The van der Waals surface area contributed by atoms with Gasteiger partial charge in [-0.25, -0.2) is 4.39 Å². The number of amides is 1. The van der Waals surface area contributed by atoms with Gasteiger partial charge in [0.05, 0.1) is 13.5 Å². The molecule has 0 fully saturated rings. The van der Waals surface area contributed by atoms with Crippen molar-refractivity contribution in [1.29, 1.82) is 0 Å². The molecule has 0 bridgehead atoms. The summed E-state index contributed by atoms with van der Waals surface area (Å²) in [7, 11) is 1.36. The maximum Gasteiger partial charge on any atom is 0.311 e. The third kappa shape index (κ3) is 5.20. The fourth-order valence-electron chi connectivity index (χ4n) is 2.24. The van der Waals surface area contributed by atoms with E-state index in [0.717, 1.165) is 5.56 Å². The quantitative estimate of drug-likeness (QED) is 0.773. The van der Waals surface area contributed by atoms with Gasteiger partial charge >= 0.3 is 5.97 Å². The molecule has 7 heteroatoms. The van der Waals surface area contributed by atoms with E-state index in [-0.39, 0.29) is 12.2 Å². The molecule has 0 heterocycles. The Morgan fingerprint density at radius 1 is 1.23 bits per heavy atom. The topological polar surface area (TPSA) is 64.6 Å². The zero-order chi connectivity index (χ0) is 19.3. The smallest absolute Gasteiger partial charge is 0.311 e. The summed E-state index contributed by atoms with van der Waals surface area (Å²) in [5, 5.41) is 3.15. The first-order valence-electron chi connectivity index (χ1n) is 7.89. The monoisotopic (exact) mass is 379 g/mol. The summed E-state index contributed by atoms with van der Waals surface area (Å²) in [5.74, 6) is -1.60. The number of carbonyl (C=O) groups excluding carboxylic acids is 2. The molecule has 138 valence electrons. The lowest BCUT2D eigenvalue weighted by atomic mass is 10.1. The van der Waals surface area contributed by atoms with Crippen LogP contribution in [0.5, 0.6) is 5.75 Å². The van der Waals surface area contributed by atoms with Gasteiger partial charge in [0.15, 0.2) is 17.7 Å². The van der Waals surface area contributed by atoms with Crippen LogP contribution in [0.4, 0.5) is 10.1 Å². The van der Waals surface area contributed by atoms with Gasteiger partial charge < -0.3 is 14.8 Å². The highest BCUT2D eigenvalue weighted by Gasteiger charge is 2.19. The van der Waals surface area contributed by atoms with Gasteiger partial charge in [0, 0.05) is 10.7 Å². The predicted molar refractivity (Wildman–Crippen MR) is 97.0 cm³/mol. The first-order valence-corrected chi connectivity index (χ1v) is 8.27. The highest BCUT2D eigenvalue weighted by molar-refractivity contribution is 6.31. The molecule has 0 radical (unpaired) electrons. The van der Waals surface area contributed by atoms with Crippen LogP contribution in [0, 0.1) is 12.7 Å². The Kier molecular flexibility index (Phi) is 6.58. The summed E-state index contributed by atoms with van der Waals surface area (Å²) < 4.78 is 23.6. The Bertz CT molecular complexity index is 825. The van der Waals surface area contributed by atoms with Gasteiger partial charge in [0.25, 0.3) is 5.91 Å². The number of esters is 1. The van der Waals surface area contributed by atoms with Crippen molar-refractivity contribution in [2.24, 2.45) is 0 Å². The number of anilines is 1. The average molecular weight is 380 g/mol. The normalized spacial score (nSPS) is 11.6. The van der Waals surface area contributed by atoms with Gasteiger partial charge in [-0.15, -0.1) is 0 Å². The van der Waals surface area contributed by atoms with Crippen LogP contribution in [0.2, 0.25) is 5.02 Å². The number of nitrogens with one attached hydrogen (secondary N) is 1. The Balaban J connectivity index is 1.94. The summed E-state index contributed by atoms with van der Waals surface area (Å²) in [6.45, 7) is 3.28. The number of rotatable bonds is 6. The summed E-state index contributed by atoms with van der Waals surface area (Å²) in [5.41, 5.74) is 1.80. The lowest BCUT2D eigenvalue weighted by Gasteiger charge is -2.15. The van der Waals surface area contributed by atoms with Crippen LogP contribution in [0.3, 0.4) is 0 Å². The van der Waals surface area contributed by atoms with E-state index in [0.29, 0.717) is 16.3 Å². The molecule has 0 aliphatic heterocycles. The van der Waals surface area contributed by atoms with Crippen molar-refractivity contribution < 1.29 is 23.5 Å². The van der Waals surface area contributed by atoms with Crippen LogP contribution < -0.4 is 10.1 Å². The number of ether oxygens (including phenoxy) is 2. The maximum absolute atomic E-state index is 13.7. The first kappa shape index (κ1) is 19.7. The Hall–Kier alpha value is -2.60. The SMILES string of the molecule is COc1ccc(CC(=O)O[C@H](C)C(=O)Nc2cc(Cl)ccc2C)cc1F. The number of carbonyl (C=O) groups is 2. The minimum Gasteiger partial charge on any atom is -0.494 e. The molecule has 0 spiro atoms. The molecule has 0 unspecified atom stereocenters. The average Bonchev–Trinajstić information content (AvgIpc) is 2.58. The zero-order valence-electron chi connectivity index (χ0n) is 14.6. The van der Waals surface area contributed by atoms with Gasteiger partial charge in [-0.1, -0.05) is 23.7 Å². The Morgan fingerprint density at radius 3 is 2.62 bits per heavy atom. The number of methoxy groups -OCH3 is 1. The molecule has 1 N–H and O–H groups in total. The second-order valence-corrected chi connectivity index (χ2v) is 6.16. The molecule has 26 heavy (non-hydrogen) atoms. The van der Waals surface area contributed by atoms with Crippen LogP contribution >= 0.6 is 11.6 Å². The molecular weight excluding hydrogens is 361 g/mol. The summed E-state index contributed by atoms with van der Waals surface area (Å²) in [4.78, 5) is 24.2. The lowest BCUT2D eigenvalue weighted by Crippen LogP contribution is -2.30. The first-order chi connectivity index (χ1) is 12.3. The van der Waals surface area contributed by atoms with Crippen molar-refractivity contribution in [3.05, 3.63) is 58.4 Å². The van der Waals surface area contributed by atoms with E-state index in [1.807, 2.05) is 6.92 Å². The van der Waals surface area contributed by atoms with Crippen LogP contribution in [-0.4, -0.2) is 25.1 Å². The van der Waals surface area contributed by atoms with Crippen LogP contribution in [0.15, 0.2) is 36.4 Å². The second kappa shape index (κ2) is 8.67. The largest absolute Gasteiger partial charge is 0.494 e. The van der Waals surface area contributed by atoms with Gasteiger partial charge in [-0.2, -0.15) is 0 Å². The third-order valence-corrected chi connectivity index (χ3v) is 3.93. The van der Waals surface area contributed by atoms with Crippen molar-refractivity contribution >= 4 is 29.2 Å². The molecule has 0 aromatic heterocycles. The van der Waals surface area contributed by atoms with Gasteiger partial charge in [0.2, 0.25) is 0 Å². The van der Waals surface area contributed by atoms with Crippen molar-refractivity contribution in [2.45, 2.75) is 26.4 Å². The standard InChI is InChI=1S/C19H19ClFNO4/c1-11-4-6-14(20)10-16(11)22-19(24)12(2)26-18(23)9-13-5-7-17(25-3)15(21)8-13/h4-8,10,12H,9H2,1-3H3,(H,22,24)/t12-/m1/s1. The molecule has 0 aliphatic carbocycles. The fourth-order valence-corrected chi connectivity index (χ4v) is 2.41. The highest BCUT2D eigenvalue weighted by Crippen LogP contribution is 2.21. The molecule has 2 rings (SSSR count). The number of benzene rings is 2. The van der Waals surface area contributed by atoms with Crippen LogP contribution in [-0.2, 0) is 20.7 Å². The van der Waals surface area contributed by atoms with E-state index in [1.165, 1.54) is 26.2 Å². The van der Waals surface area contributed by atoms with E-state index in [4.69, 9.17) is 21.1 Å². The molecule has 5 nitrogen and oxygen atoms in total. The number of aryl methyl sites for hydroxylation is 1. The summed E-state index contributed by atoms with van der Waals surface area (Å²) >= 11 is 5.91. The Morgan fingerprint density at radius 2 is 1.96 bits per heavy atom. The number of hydrogen-bond acceptors (Lipinski definition) is 4.